The number of carbonyl (C=O) groups excluding carboxylic acids is 1. The number of amides is 1. The predicted molar refractivity (Wildman–Crippen MR) is 110 cm³/mol. The summed E-state index contributed by atoms with van der Waals surface area (Å²) in [6, 6.07) is 14.3. The number of benzene rings is 2. The first-order valence-corrected chi connectivity index (χ1v) is 10.5. The maximum Gasteiger partial charge on any atom is 0.252 e. The molecule has 10 heteroatoms. The third-order valence-corrected chi connectivity index (χ3v) is 5.58. The highest BCUT2D eigenvalue weighted by molar-refractivity contribution is 7.89. The number of anilines is 3. The fourth-order valence-corrected chi connectivity index (χ4v) is 4.05. The Morgan fingerprint density at radius 3 is 2.48 bits per heavy atom. The summed E-state index contributed by atoms with van der Waals surface area (Å²) in [5.41, 5.74) is 1.60. The normalized spacial score (nSPS) is 16.3. The van der Waals surface area contributed by atoms with Crippen molar-refractivity contribution in [1.29, 1.82) is 0 Å². The molecule has 0 saturated carbocycles. The highest BCUT2D eigenvalue weighted by Crippen LogP contribution is 2.43. The smallest absolute Gasteiger partial charge is 0.252 e. The largest absolute Gasteiger partial charge is 0.322 e. The third kappa shape index (κ3) is 3.67. The van der Waals surface area contributed by atoms with Crippen molar-refractivity contribution < 1.29 is 13.2 Å². The lowest BCUT2D eigenvalue weighted by Gasteiger charge is -2.37. The number of sulfonamides is 1. The van der Waals surface area contributed by atoms with Gasteiger partial charge in [0.2, 0.25) is 10.0 Å². The predicted octanol–water partition coefficient (Wildman–Crippen LogP) is 2.92. The minimum absolute atomic E-state index is 0.105. The van der Waals surface area contributed by atoms with E-state index in [2.05, 4.69) is 15.3 Å². The van der Waals surface area contributed by atoms with E-state index in [1.54, 1.807) is 24.0 Å². The minimum atomic E-state index is -3.93. The molecule has 2 aromatic carbocycles. The molecule has 1 aromatic heterocycles. The van der Waals surface area contributed by atoms with E-state index in [1.807, 2.05) is 30.3 Å². The molecule has 1 unspecified atom stereocenters. The SMILES string of the molecule is Cc1nc(Cl)cc(N2c3ccc(S(N)(=O)=O)cc3NC(=O)C2c2ccccc2)n1. The van der Waals surface area contributed by atoms with Gasteiger partial charge in [-0.1, -0.05) is 41.9 Å². The summed E-state index contributed by atoms with van der Waals surface area (Å²) < 4.78 is 23.5. The highest BCUT2D eigenvalue weighted by atomic mass is 35.5. The zero-order valence-electron chi connectivity index (χ0n) is 15.2. The van der Waals surface area contributed by atoms with Gasteiger partial charge in [-0.25, -0.2) is 23.5 Å². The van der Waals surface area contributed by atoms with Crippen molar-refractivity contribution in [3.05, 3.63) is 71.1 Å². The number of fused-ring (bicyclic) bond motifs is 1. The van der Waals surface area contributed by atoms with Gasteiger partial charge in [0, 0.05) is 6.07 Å². The van der Waals surface area contributed by atoms with Crippen molar-refractivity contribution in [2.75, 3.05) is 10.2 Å². The number of hydrogen-bond donors (Lipinski definition) is 2. The maximum absolute atomic E-state index is 13.1. The van der Waals surface area contributed by atoms with Gasteiger partial charge in [-0.05, 0) is 30.7 Å². The van der Waals surface area contributed by atoms with Crippen LogP contribution in [0.25, 0.3) is 0 Å². The number of halogens is 1. The Hall–Kier alpha value is -3.01. The van der Waals surface area contributed by atoms with Crippen LogP contribution in [0.1, 0.15) is 17.4 Å². The zero-order valence-corrected chi connectivity index (χ0v) is 16.8. The standard InChI is InChI=1S/C19H16ClN5O3S/c1-11-22-16(20)10-17(23-11)25-15-8-7-13(29(21,27)28)9-14(15)24-19(26)18(25)12-5-3-2-4-6-12/h2-10,18H,1H3,(H,24,26)(H2,21,27,28). The van der Waals surface area contributed by atoms with E-state index in [0.717, 1.165) is 5.56 Å². The van der Waals surface area contributed by atoms with Crippen LogP contribution in [0.5, 0.6) is 0 Å². The summed E-state index contributed by atoms with van der Waals surface area (Å²) in [4.78, 5) is 23.2. The van der Waals surface area contributed by atoms with Crippen molar-refractivity contribution in [1.82, 2.24) is 9.97 Å². The summed E-state index contributed by atoms with van der Waals surface area (Å²) in [6.07, 6.45) is 0. The zero-order chi connectivity index (χ0) is 20.8. The average molecular weight is 430 g/mol. The number of carbonyl (C=O) groups is 1. The van der Waals surface area contributed by atoms with Crippen molar-refractivity contribution in [2.45, 2.75) is 17.9 Å². The second-order valence-electron chi connectivity index (χ2n) is 6.49. The molecule has 1 amide bonds. The Balaban J connectivity index is 1.96. The Morgan fingerprint density at radius 1 is 1.10 bits per heavy atom. The first-order chi connectivity index (χ1) is 13.7. The number of aromatic nitrogens is 2. The number of rotatable bonds is 3. The van der Waals surface area contributed by atoms with Gasteiger partial charge in [0.15, 0.2) is 0 Å². The molecule has 148 valence electrons. The molecule has 0 bridgehead atoms. The number of nitrogens with one attached hydrogen (secondary N) is 1. The van der Waals surface area contributed by atoms with Crippen LogP contribution in [0.3, 0.4) is 0 Å². The number of nitrogens with zero attached hydrogens (tertiary/aromatic N) is 3. The monoisotopic (exact) mass is 429 g/mol. The molecule has 1 aliphatic rings. The maximum atomic E-state index is 13.1. The first-order valence-electron chi connectivity index (χ1n) is 8.57. The lowest BCUT2D eigenvalue weighted by Crippen LogP contribution is -2.39. The summed E-state index contributed by atoms with van der Waals surface area (Å²) in [6.45, 7) is 1.70. The molecule has 0 fully saturated rings. The molecular weight excluding hydrogens is 414 g/mol. The van der Waals surface area contributed by atoms with Gasteiger partial charge >= 0.3 is 0 Å². The third-order valence-electron chi connectivity index (χ3n) is 4.48. The minimum Gasteiger partial charge on any atom is -0.322 e. The van der Waals surface area contributed by atoms with Crippen molar-refractivity contribution in [3.63, 3.8) is 0 Å². The van der Waals surface area contributed by atoms with Gasteiger partial charge in [0.1, 0.15) is 22.8 Å². The van der Waals surface area contributed by atoms with E-state index in [-0.39, 0.29) is 16.0 Å². The first kappa shape index (κ1) is 19.3. The second kappa shape index (κ2) is 7.11. The fourth-order valence-electron chi connectivity index (χ4n) is 3.29. The van der Waals surface area contributed by atoms with Crippen LogP contribution in [0, 0.1) is 6.92 Å². The quantitative estimate of drug-likeness (QED) is 0.618. The lowest BCUT2D eigenvalue weighted by atomic mass is 10.00. The summed E-state index contributed by atoms with van der Waals surface area (Å²) in [7, 11) is -3.93. The Labute approximate surface area is 172 Å². The summed E-state index contributed by atoms with van der Waals surface area (Å²) in [5, 5.41) is 8.24. The topological polar surface area (TPSA) is 118 Å². The Bertz CT molecular complexity index is 1200. The second-order valence-corrected chi connectivity index (χ2v) is 8.44. The van der Waals surface area contributed by atoms with E-state index < -0.39 is 16.1 Å². The van der Waals surface area contributed by atoms with Crippen LogP contribution in [0.15, 0.2) is 59.5 Å². The van der Waals surface area contributed by atoms with Crippen LogP contribution >= 0.6 is 11.6 Å². The lowest BCUT2D eigenvalue weighted by molar-refractivity contribution is -0.117. The Morgan fingerprint density at radius 2 is 1.83 bits per heavy atom. The van der Waals surface area contributed by atoms with E-state index in [1.165, 1.54) is 12.1 Å². The van der Waals surface area contributed by atoms with Crippen LogP contribution in [0.4, 0.5) is 17.2 Å². The van der Waals surface area contributed by atoms with Crippen molar-refractivity contribution >= 4 is 44.7 Å². The molecule has 0 aliphatic carbocycles. The number of aryl methyl sites for hydroxylation is 1. The fraction of sp³-hybridized carbons (Fsp3) is 0.105. The number of primary sulfonamides is 1. The number of nitrogens with two attached hydrogens (primary N) is 1. The van der Waals surface area contributed by atoms with Gasteiger partial charge in [-0.15, -0.1) is 0 Å². The summed E-state index contributed by atoms with van der Waals surface area (Å²) in [5.74, 6) is 0.506. The van der Waals surface area contributed by atoms with Gasteiger partial charge in [0.05, 0.1) is 16.3 Å². The molecule has 29 heavy (non-hydrogen) atoms. The molecular formula is C19H16ClN5O3S. The molecule has 0 radical (unpaired) electrons. The van der Waals surface area contributed by atoms with Gasteiger partial charge in [-0.2, -0.15) is 0 Å². The van der Waals surface area contributed by atoms with E-state index in [4.69, 9.17) is 16.7 Å². The molecule has 1 aliphatic heterocycles. The van der Waals surface area contributed by atoms with E-state index in [0.29, 0.717) is 23.0 Å². The highest BCUT2D eigenvalue weighted by Gasteiger charge is 2.36. The summed E-state index contributed by atoms with van der Waals surface area (Å²) >= 11 is 6.14. The van der Waals surface area contributed by atoms with Gasteiger partial charge in [-0.3, -0.25) is 4.79 Å². The van der Waals surface area contributed by atoms with E-state index in [9.17, 15) is 13.2 Å². The van der Waals surface area contributed by atoms with Crippen LogP contribution in [-0.2, 0) is 14.8 Å². The molecule has 3 N–H and O–H groups in total. The number of hydrogen-bond acceptors (Lipinski definition) is 6. The molecule has 0 spiro atoms. The molecule has 8 nitrogen and oxygen atoms in total. The van der Waals surface area contributed by atoms with Crippen molar-refractivity contribution in [3.8, 4) is 0 Å². The van der Waals surface area contributed by atoms with Gasteiger partial charge in [0.25, 0.3) is 5.91 Å². The van der Waals surface area contributed by atoms with Crippen molar-refractivity contribution in [2.24, 2.45) is 5.14 Å². The average Bonchev–Trinajstić information content (AvgIpc) is 2.65. The molecule has 4 rings (SSSR count). The molecule has 1 atom stereocenters. The van der Waals surface area contributed by atoms with Crippen LogP contribution < -0.4 is 15.4 Å². The molecule has 2 heterocycles. The van der Waals surface area contributed by atoms with Gasteiger partial charge < -0.3 is 10.2 Å². The molecule has 0 saturated heterocycles. The molecule has 3 aromatic rings. The van der Waals surface area contributed by atoms with Crippen LogP contribution in [0.2, 0.25) is 5.15 Å². The van der Waals surface area contributed by atoms with E-state index >= 15 is 0 Å². The Kier molecular flexibility index (Phi) is 4.73. The van der Waals surface area contributed by atoms with Crippen LogP contribution in [-0.4, -0.2) is 24.3 Å².